The van der Waals surface area contributed by atoms with Gasteiger partial charge < -0.3 is 19.5 Å². The number of rotatable bonds is 8. The fraction of sp³-hybridized carbons (Fsp3) is 0.360. The zero-order chi connectivity index (χ0) is 22.7. The van der Waals surface area contributed by atoms with Crippen molar-refractivity contribution in [3.8, 4) is 17.2 Å². The van der Waals surface area contributed by atoms with Crippen LogP contribution in [0, 0.1) is 5.92 Å². The van der Waals surface area contributed by atoms with Crippen LogP contribution in [0.2, 0.25) is 0 Å². The Morgan fingerprint density at radius 1 is 1.03 bits per heavy atom. The molecule has 2 unspecified atom stereocenters. The zero-order valence-electron chi connectivity index (χ0n) is 18.3. The minimum atomic E-state index is -3.68. The van der Waals surface area contributed by atoms with E-state index in [0.717, 1.165) is 30.3 Å². The van der Waals surface area contributed by atoms with E-state index in [0.29, 0.717) is 43.5 Å². The van der Waals surface area contributed by atoms with Gasteiger partial charge in [0.05, 0.1) is 11.5 Å². The topological polar surface area (TPSA) is 85.9 Å². The summed E-state index contributed by atoms with van der Waals surface area (Å²) < 4.78 is 46.8. The Bertz CT molecular complexity index is 1220. The highest BCUT2D eigenvalue weighted by Crippen LogP contribution is 2.39. The quantitative estimate of drug-likeness (QED) is 0.528. The van der Waals surface area contributed by atoms with Gasteiger partial charge in [0, 0.05) is 6.04 Å². The number of sulfonamides is 1. The minimum absolute atomic E-state index is 0.202. The monoisotopic (exact) mass is 468 g/mol. The summed E-state index contributed by atoms with van der Waals surface area (Å²) in [5, 5.41) is 5.25. The number of para-hydroxylation sites is 1. The van der Waals surface area contributed by atoms with Gasteiger partial charge in [-0.15, -0.1) is 0 Å². The number of fused-ring (bicyclic) bond motifs is 2. The van der Waals surface area contributed by atoms with Gasteiger partial charge in [-0.3, -0.25) is 0 Å². The molecule has 2 heterocycles. The van der Waals surface area contributed by atoms with Crippen LogP contribution in [0.15, 0.2) is 65.6 Å². The number of hydrogen-bond acceptors (Lipinski definition) is 6. The molecule has 3 aromatic carbocycles. The highest BCUT2D eigenvalue weighted by atomic mass is 32.2. The molecule has 2 atom stereocenters. The predicted octanol–water partition coefficient (Wildman–Crippen LogP) is 3.34. The van der Waals surface area contributed by atoms with Gasteiger partial charge in [-0.05, 0) is 66.9 Å². The van der Waals surface area contributed by atoms with E-state index >= 15 is 0 Å². The van der Waals surface area contributed by atoms with Gasteiger partial charge in [-0.1, -0.05) is 36.4 Å². The molecule has 2 aliphatic rings. The second-order valence-corrected chi connectivity index (χ2v) is 10.1. The molecular formula is C25H28N2O5S. The molecule has 2 N–H and O–H groups in total. The van der Waals surface area contributed by atoms with Crippen LogP contribution in [0.25, 0.3) is 10.8 Å². The van der Waals surface area contributed by atoms with E-state index in [4.69, 9.17) is 14.2 Å². The zero-order valence-corrected chi connectivity index (χ0v) is 19.1. The smallest absolute Gasteiger partial charge is 0.240 e. The summed E-state index contributed by atoms with van der Waals surface area (Å²) in [4.78, 5) is 0.278. The summed E-state index contributed by atoms with van der Waals surface area (Å²) in [6, 6.07) is 18.3. The second kappa shape index (κ2) is 9.59. The molecule has 33 heavy (non-hydrogen) atoms. The first-order valence-corrected chi connectivity index (χ1v) is 12.8. The third-order valence-electron chi connectivity index (χ3n) is 6.22. The Morgan fingerprint density at radius 3 is 2.73 bits per heavy atom. The molecular weight excluding hydrogens is 440 g/mol. The summed E-state index contributed by atoms with van der Waals surface area (Å²) in [6.45, 7) is 3.03. The Balaban J connectivity index is 1.30. The van der Waals surface area contributed by atoms with Gasteiger partial charge in [-0.2, -0.15) is 0 Å². The predicted molar refractivity (Wildman–Crippen MR) is 127 cm³/mol. The summed E-state index contributed by atoms with van der Waals surface area (Å²) in [7, 11) is -3.68. The van der Waals surface area contributed by atoms with E-state index in [1.165, 1.54) is 0 Å². The van der Waals surface area contributed by atoms with Crippen molar-refractivity contribution in [2.45, 2.75) is 23.8 Å². The normalized spacial score (nSPS) is 18.8. The average Bonchev–Trinajstić information content (AvgIpc) is 3.38. The first-order chi connectivity index (χ1) is 16.1. The van der Waals surface area contributed by atoms with Crippen molar-refractivity contribution in [3.05, 3.63) is 60.7 Å². The summed E-state index contributed by atoms with van der Waals surface area (Å²) >= 11 is 0. The molecule has 5 rings (SSSR count). The number of hydrogen-bond donors (Lipinski definition) is 2. The molecule has 1 saturated heterocycles. The van der Waals surface area contributed by atoms with Gasteiger partial charge in [0.25, 0.3) is 0 Å². The van der Waals surface area contributed by atoms with E-state index in [2.05, 4.69) is 10.0 Å². The van der Waals surface area contributed by atoms with Crippen LogP contribution in [0.4, 0.5) is 0 Å². The van der Waals surface area contributed by atoms with Crippen LogP contribution in [0.3, 0.4) is 0 Å². The Kier molecular flexibility index (Phi) is 6.39. The third-order valence-corrected chi connectivity index (χ3v) is 7.71. The molecule has 2 aliphatic heterocycles. The lowest BCUT2D eigenvalue weighted by Gasteiger charge is -2.25. The van der Waals surface area contributed by atoms with E-state index in [-0.39, 0.29) is 16.9 Å². The van der Waals surface area contributed by atoms with Crippen LogP contribution < -0.4 is 24.2 Å². The molecule has 3 aromatic rings. The average molecular weight is 469 g/mol. The number of ether oxygens (including phenoxy) is 3. The summed E-state index contributed by atoms with van der Waals surface area (Å²) in [6.07, 6.45) is 1.46. The number of benzene rings is 3. The van der Waals surface area contributed by atoms with Crippen LogP contribution in [0.1, 0.15) is 12.8 Å². The van der Waals surface area contributed by atoms with Gasteiger partial charge in [0.2, 0.25) is 15.8 Å². The van der Waals surface area contributed by atoms with Crippen LogP contribution in [-0.2, 0) is 10.0 Å². The highest BCUT2D eigenvalue weighted by molar-refractivity contribution is 7.89. The maximum atomic E-state index is 13.3. The van der Waals surface area contributed by atoms with Crippen LogP contribution in [0.5, 0.6) is 17.2 Å². The molecule has 0 aromatic heterocycles. The van der Waals surface area contributed by atoms with Crippen molar-refractivity contribution in [3.63, 3.8) is 0 Å². The van der Waals surface area contributed by atoms with Crippen LogP contribution in [-0.4, -0.2) is 47.4 Å². The highest BCUT2D eigenvalue weighted by Gasteiger charge is 2.29. The Labute approximate surface area is 194 Å². The largest absolute Gasteiger partial charge is 0.489 e. The van der Waals surface area contributed by atoms with Crippen molar-refractivity contribution in [2.75, 3.05) is 32.9 Å². The van der Waals surface area contributed by atoms with Gasteiger partial charge >= 0.3 is 0 Å². The molecule has 0 amide bonds. The maximum Gasteiger partial charge on any atom is 0.240 e. The second-order valence-electron chi connectivity index (χ2n) is 8.41. The van der Waals surface area contributed by atoms with Crippen molar-refractivity contribution >= 4 is 20.8 Å². The standard InChI is InChI=1S/C25H28N2O5S/c28-33(29,21-9-8-18-4-1-2-5-19(18)16-21)27-22(20-10-12-26-17-20)11-13-30-23-6-3-7-24-25(23)32-15-14-31-24/h1-9,16,20,22,26-27H,10-15,17H2. The first kappa shape index (κ1) is 22.0. The fourth-order valence-corrected chi connectivity index (χ4v) is 5.84. The molecule has 0 saturated carbocycles. The molecule has 1 fully saturated rings. The minimum Gasteiger partial charge on any atom is -0.489 e. The number of nitrogens with one attached hydrogen (secondary N) is 2. The van der Waals surface area contributed by atoms with Crippen LogP contribution >= 0.6 is 0 Å². The molecule has 0 bridgehead atoms. The lowest BCUT2D eigenvalue weighted by Crippen LogP contribution is -2.42. The van der Waals surface area contributed by atoms with Gasteiger partial charge in [0.15, 0.2) is 11.5 Å². The summed E-state index contributed by atoms with van der Waals surface area (Å²) in [5.74, 6) is 2.10. The SMILES string of the molecule is O=S(=O)(NC(CCOc1cccc2c1OCCO2)C1CCNC1)c1ccc2ccccc2c1. The van der Waals surface area contributed by atoms with Gasteiger partial charge in [0.1, 0.15) is 13.2 Å². The van der Waals surface area contributed by atoms with Crippen molar-refractivity contribution in [2.24, 2.45) is 5.92 Å². The van der Waals surface area contributed by atoms with Gasteiger partial charge in [-0.25, -0.2) is 13.1 Å². The molecule has 174 valence electrons. The molecule has 8 heteroatoms. The molecule has 0 spiro atoms. The van der Waals surface area contributed by atoms with E-state index in [1.54, 1.807) is 12.1 Å². The van der Waals surface area contributed by atoms with Crippen molar-refractivity contribution in [1.82, 2.24) is 10.0 Å². The summed E-state index contributed by atoms with van der Waals surface area (Å²) in [5.41, 5.74) is 0. The third kappa shape index (κ3) is 4.93. The molecule has 7 nitrogen and oxygen atoms in total. The Morgan fingerprint density at radius 2 is 1.88 bits per heavy atom. The van der Waals surface area contributed by atoms with E-state index in [9.17, 15) is 8.42 Å². The Hall–Kier alpha value is -2.81. The molecule has 0 radical (unpaired) electrons. The van der Waals surface area contributed by atoms with E-state index in [1.807, 2.05) is 48.5 Å². The van der Waals surface area contributed by atoms with E-state index < -0.39 is 10.0 Å². The molecule has 0 aliphatic carbocycles. The lowest BCUT2D eigenvalue weighted by molar-refractivity contribution is 0.160. The van der Waals surface area contributed by atoms with Crippen molar-refractivity contribution < 1.29 is 22.6 Å². The van der Waals surface area contributed by atoms with Crippen molar-refractivity contribution in [1.29, 1.82) is 0 Å². The lowest BCUT2D eigenvalue weighted by atomic mass is 9.97. The first-order valence-electron chi connectivity index (χ1n) is 11.3. The fourth-order valence-electron chi connectivity index (χ4n) is 4.47. The maximum absolute atomic E-state index is 13.3.